The first-order chi connectivity index (χ1) is 7.91. The number of carbonyl (C=O) groups excluding carboxylic acids is 1. The number of halogens is 2. The Labute approximate surface area is 98.0 Å². The van der Waals surface area contributed by atoms with Gasteiger partial charge < -0.3 is 11.1 Å². The maximum absolute atomic E-state index is 13.6. The van der Waals surface area contributed by atoms with Gasteiger partial charge in [0.1, 0.15) is 5.82 Å². The second-order valence-electron chi connectivity index (χ2n) is 4.72. The Balaban J connectivity index is 2.24. The van der Waals surface area contributed by atoms with Crippen molar-refractivity contribution in [3.63, 3.8) is 0 Å². The van der Waals surface area contributed by atoms with Gasteiger partial charge in [-0.2, -0.15) is 0 Å². The van der Waals surface area contributed by atoms with Gasteiger partial charge in [0, 0.05) is 5.54 Å². The van der Waals surface area contributed by atoms with Crippen LogP contribution in [0.3, 0.4) is 0 Å². The van der Waals surface area contributed by atoms with Crippen LogP contribution in [-0.2, 0) is 0 Å². The summed E-state index contributed by atoms with van der Waals surface area (Å²) in [5.41, 5.74) is 4.28. The fourth-order valence-electron chi connectivity index (χ4n) is 1.95. The maximum Gasteiger partial charge on any atom is 0.254 e. The summed E-state index contributed by atoms with van der Waals surface area (Å²) in [7, 11) is 0. The smallest absolute Gasteiger partial charge is 0.254 e. The highest BCUT2D eigenvalue weighted by molar-refractivity contribution is 5.96. The standard InChI is InChI=1S/C12H14F2N2O/c1-12(3-2-4-12)16-11(17)8-5-7(13)6-9(15)10(8)14/h5-6H,2-4,15H2,1H3,(H,16,17). The first-order valence-corrected chi connectivity index (χ1v) is 5.48. The number of nitrogens with two attached hydrogens (primary N) is 1. The lowest BCUT2D eigenvalue weighted by molar-refractivity contribution is 0.0846. The summed E-state index contributed by atoms with van der Waals surface area (Å²) in [4.78, 5) is 11.8. The molecule has 0 aromatic heterocycles. The maximum atomic E-state index is 13.6. The molecule has 0 saturated heterocycles. The lowest BCUT2D eigenvalue weighted by Crippen LogP contribution is -2.51. The zero-order valence-electron chi connectivity index (χ0n) is 9.52. The van der Waals surface area contributed by atoms with Gasteiger partial charge in [-0.3, -0.25) is 4.79 Å². The molecule has 1 aliphatic carbocycles. The van der Waals surface area contributed by atoms with Crippen molar-refractivity contribution in [1.29, 1.82) is 0 Å². The third-order valence-corrected chi connectivity index (χ3v) is 3.18. The molecule has 3 nitrogen and oxygen atoms in total. The van der Waals surface area contributed by atoms with Gasteiger partial charge in [-0.15, -0.1) is 0 Å². The van der Waals surface area contributed by atoms with Crippen molar-refractivity contribution in [2.24, 2.45) is 0 Å². The van der Waals surface area contributed by atoms with Gasteiger partial charge in [-0.25, -0.2) is 8.78 Å². The van der Waals surface area contributed by atoms with E-state index in [2.05, 4.69) is 5.32 Å². The molecule has 5 heteroatoms. The fraction of sp³-hybridized carbons (Fsp3) is 0.417. The molecule has 0 unspecified atom stereocenters. The number of nitrogen functional groups attached to an aromatic ring is 1. The average molecular weight is 240 g/mol. The summed E-state index contributed by atoms with van der Waals surface area (Å²) < 4.78 is 26.6. The molecule has 1 saturated carbocycles. The van der Waals surface area contributed by atoms with Crippen LogP contribution in [0.2, 0.25) is 0 Å². The number of hydrogen-bond acceptors (Lipinski definition) is 2. The summed E-state index contributed by atoms with van der Waals surface area (Å²) in [6.07, 6.45) is 2.74. The van der Waals surface area contributed by atoms with E-state index in [1.165, 1.54) is 0 Å². The highest BCUT2D eigenvalue weighted by Crippen LogP contribution is 2.31. The van der Waals surface area contributed by atoms with Gasteiger partial charge in [-0.1, -0.05) is 0 Å². The second kappa shape index (κ2) is 3.98. The third kappa shape index (κ3) is 2.23. The van der Waals surface area contributed by atoms with Crippen molar-refractivity contribution in [3.05, 3.63) is 29.3 Å². The highest BCUT2D eigenvalue weighted by atomic mass is 19.1. The molecule has 0 radical (unpaired) electrons. The highest BCUT2D eigenvalue weighted by Gasteiger charge is 2.34. The molecule has 92 valence electrons. The van der Waals surface area contributed by atoms with E-state index in [4.69, 9.17) is 5.73 Å². The molecule has 1 fully saturated rings. The van der Waals surface area contributed by atoms with E-state index in [9.17, 15) is 13.6 Å². The van der Waals surface area contributed by atoms with Crippen LogP contribution in [0.4, 0.5) is 14.5 Å². The molecule has 0 heterocycles. The van der Waals surface area contributed by atoms with Crippen molar-refractivity contribution >= 4 is 11.6 Å². The molecule has 1 aromatic carbocycles. The quantitative estimate of drug-likeness (QED) is 0.779. The van der Waals surface area contributed by atoms with Crippen molar-refractivity contribution in [2.45, 2.75) is 31.7 Å². The van der Waals surface area contributed by atoms with Crippen molar-refractivity contribution < 1.29 is 13.6 Å². The molecule has 1 aliphatic rings. The van der Waals surface area contributed by atoms with Gasteiger partial charge in [0.2, 0.25) is 0 Å². The van der Waals surface area contributed by atoms with Crippen molar-refractivity contribution in [2.75, 3.05) is 5.73 Å². The number of nitrogens with one attached hydrogen (secondary N) is 1. The number of benzene rings is 1. The van der Waals surface area contributed by atoms with Gasteiger partial charge in [0.25, 0.3) is 5.91 Å². The minimum Gasteiger partial charge on any atom is -0.396 e. The zero-order valence-corrected chi connectivity index (χ0v) is 9.52. The van der Waals surface area contributed by atoms with E-state index in [1.807, 2.05) is 6.92 Å². The summed E-state index contributed by atoms with van der Waals surface area (Å²) in [6, 6.07) is 1.72. The van der Waals surface area contributed by atoms with Gasteiger partial charge in [0.05, 0.1) is 11.3 Å². The molecule has 0 bridgehead atoms. The van der Waals surface area contributed by atoms with E-state index in [0.29, 0.717) is 0 Å². The Morgan fingerprint density at radius 2 is 2.06 bits per heavy atom. The minimum atomic E-state index is -0.869. The molecule has 1 amide bonds. The average Bonchev–Trinajstić information content (AvgIpc) is 2.21. The van der Waals surface area contributed by atoms with E-state index >= 15 is 0 Å². The number of rotatable bonds is 2. The van der Waals surface area contributed by atoms with Crippen LogP contribution < -0.4 is 11.1 Å². The number of amides is 1. The Hall–Kier alpha value is -1.65. The Morgan fingerprint density at radius 3 is 2.59 bits per heavy atom. The van der Waals surface area contributed by atoms with Crippen LogP contribution in [0.5, 0.6) is 0 Å². The molecule has 0 atom stereocenters. The van der Waals surface area contributed by atoms with Crippen LogP contribution in [0.1, 0.15) is 36.5 Å². The van der Waals surface area contributed by atoms with Crippen LogP contribution in [0.15, 0.2) is 12.1 Å². The topological polar surface area (TPSA) is 55.1 Å². The lowest BCUT2D eigenvalue weighted by atomic mass is 9.78. The molecule has 0 aliphatic heterocycles. The number of hydrogen-bond donors (Lipinski definition) is 2. The van der Waals surface area contributed by atoms with Crippen molar-refractivity contribution in [3.8, 4) is 0 Å². The molecular formula is C12H14F2N2O. The largest absolute Gasteiger partial charge is 0.396 e. The van der Waals surface area contributed by atoms with Crippen LogP contribution in [-0.4, -0.2) is 11.4 Å². The normalized spacial score (nSPS) is 17.4. The zero-order chi connectivity index (χ0) is 12.6. The molecule has 2 rings (SSSR count). The van der Waals surface area contributed by atoms with E-state index in [-0.39, 0.29) is 16.8 Å². The van der Waals surface area contributed by atoms with Crippen LogP contribution in [0, 0.1) is 11.6 Å². The molecule has 1 aromatic rings. The van der Waals surface area contributed by atoms with E-state index < -0.39 is 17.5 Å². The van der Waals surface area contributed by atoms with Gasteiger partial charge in [-0.05, 0) is 38.3 Å². The van der Waals surface area contributed by atoms with Gasteiger partial charge >= 0.3 is 0 Å². The van der Waals surface area contributed by atoms with E-state index in [1.54, 1.807) is 0 Å². The SMILES string of the molecule is CC1(NC(=O)c2cc(F)cc(N)c2F)CCC1. The van der Waals surface area contributed by atoms with Crippen molar-refractivity contribution in [1.82, 2.24) is 5.32 Å². The Morgan fingerprint density at radius 1 is 1.41 bits per heavy atom. The number of carbonyl (C=O) groups is 1. The number of anilines is 1. The minimum absolute atomic E-state index is 0.301. The Kier molecular flexibility index (Phi) is 2.77. The van der Waals surface area contributed by atoms with Crippen LogP contribution in [0.25, 0.3) is 0 Å². The molecule has 3 N–H and O–H groups in total. The molecule has 0 spiro atoms. The predicted octanol–water partition coefficient (Wildman–Crippen LogP) is 2.22. The summed E-state index contributed by atoms with van der Waals surface area (Å²) in [6.45, 7) is 1.88. The monoisotopic (exact) mass is 240 g/mol. The fourth-order valence-corrected chi connectivity index (χ4v) is 1.95. The third-order valence-electron chi connectivity index (χ3n) is 3.18. The molecule has 17 heavy (non-hydrogen) atoms. The predicted molar refractivity (Wildman–Crippen MR) is 60.5 cm³/mol. The summed E-state index contributed by atoms with van der Waals surface area (Å²) >= 11 is 0. The van der Waals surface area contributed by atoms with E-state index in [0.717, 1.165) is 31.4 Å². The second-order valence-corrected chi connectivity index (χ2v) is 4.72. The summed E-state index contributed by atoms with van der Waals surface area (Å²) in [5.74, 6) is -2.20. The van der Waals surface area contributed by atoms with Gasteiger partial charge in [0.15, 0.2) is 5.82 Å². The van der Waals surface area contributed by atoms with Crippen LogP contribution >= 0.6 is 0 Å². The summed E-state index contributed by atoms with van der Waals surface area (Å²) in [5, 5.41) is 2.70. The molecular weight excluding hydrogens is 226 g/mol. The first kappa shape index (κ1) is 11.8. The Bertz CT molecular complexity index is 470. The first-order valence-electron chi connectivity index (χ1n) is 5.48. The lowest BCUT2D eigenvalue weighted by Gasteiger charge is -2.39.